The lowest BCUT2D eigenvalue weighted by Crippen LogP contribution is -2.43. The molecule has 1 N–H and O–H groups in total. The quantitative estimate of drug-likeness (QED) is 0.819. The van der Waals surface area contributed by atoms with E-state index < -0.39 is 0 Å². The van der Waals surface area contributed by atoms with E-state index in [0.717, 1.165) is 18.7 Å². The van der Waals surface area contributed by atoms with Crippen molar-refractivity contribution >= 4 is 0 Å². The second kappa shape index (κ2) is 6.92. The van der Waals surface area contributed by atoms with Crippen LogP contribution >= 0.6 is 0 Å². The molecule has 0 amide bonds. The van der Waals surface area contributed by atoms with Gasteiger partial charge in [-0.1, -0.05) is 19.9 Å². The molecule has 19 heavy (non-hydrogen) atoms. The van der Waals surface area contributed by atoms with Crippen LogP contribution in [0.2, 0.25) is 0 Å². The van der Waals surface area contributed by atoms with Gasteiger partial charge in [0.05, 0.1) is 18.8 Å². The third-order valence-electron chi connectivity index (χ3n) is 3.98. The highest BCUT2D eigenvalue weighted by atomic mass is 16.5. The van der Waals surface area contributed by atoms with E-state index in [2.05, 4.69) is 45.1 Å². The molecule has 0 saturated heterocycles. The summed E-state index contributed by atoms with van der Waals surface area (Å²) in [5.74, 6) is 0.895. The first kappa shape index (κ1) is 16.0. The molecule has 1 rings (SSSR count). The van der Waals surface area contributed by atoms with Crippen molar-refractivity contribution in [2.75, 3.05) is 20.8 Å². The minimum absolute atomic E-state index is 0.179. The molecule has 0 aliphatic carbocycles. The van der Waals surface area contributed by atoms with Gasteiger partial charge in [-0.05, 0) is 50.1 Å². The van der Waals surface area contributed by atoms with E-state index in [0.29, 0.717) is 0 Å². The van der Waals surface area contributed by atoms with E-state index >= 15 is 0 Å². The zero-order valence-electron chi connectivity index (χ0n) is 13.0. The van der Waals surface area contributed by atoms with E-state index in [4.69, 9.17) is 9.47 Å². The molecule has 0 spiro atoms. The average Bonchev–Trinajstić information content (AvgIpc) is 2.44. The van der Waals surface area contributed by atoms with E-state index in [9.17, 15) is 0 Å². The lowest BCUT2D eigenvalue weighted by Gasteiger charge is -2.37. The predicted octanol–water partition coefficient (Wildman–Crippen LogP) is 3.47. The van der Waals surface area contributed by atoms with Crippen molar-refractivity contribution in [3.05, 3.63) is 29.3 Å². The highest BCUT2D eigenvalue weighted by molar-refractivity contribution is 5.37. The fourth-order valence-electron chi connectivity index (χ4n) is 2.42. The smallest absolute Gasteiger partial charge is 0.119 e. The Morgan fingerprint density at radius 1 is 1.26 bits per heavy atom. The van der Waals surface area contributed by atoms with Crippen LogP contribution in [0.15, 0.2) is 18.2 Å². The number of hydrogen-bond donors (Lipinski definition) is 1. The molecule has 0 fully saturated rings. The second-order valence-corrected chi connectivity index (χ2v) is 5.08. The Hall–Kier alpha value is -1.06. The van der Waals surface area contributed by atoms with Gasteiger partial charge >= 0.3 is 0 Å². The maximum atomic E-state index is 5.77. The molecule has 2 atom stereocenters. The summed E-state index contributed by atoms with van der Waals surface area (Å²) >= 11 is 0. The molecule has 2 unspecified atom stereocenters. The van der Waals surface area contributed by atoms with Gasteiger partial charge in [0.2, 0.25) is 0 Å². The molecule has 1 aromatic carbocycles. The third kappa shape index (κ3) is 3.48. The Balaban J connectivity index is 3.19. The van der Waals surface area contributed by atoms with Gasteiger partial charge < -0.3 is 14.8 Å². The minimum Gasteiger partial charge on any atom is -0.497 e. The van der Waals surface area contributed by atoms with Crippen LogP contribution in [0.4, 0.5) is 0 Å². The van der Waals surface area contributed by atoms with Gasteiger partial charge in [0, 0.05) is 7.11 Å². The second-order valence-electron chi connectivity index (χ2n) is 5.08. The van der Waals surface area contributed by atoms with Gasteiger partial charge in [-0.25, -0.2) is 0 Å². The first-order chi connectivity index (χ1) is 9.02. The van der Waals surface area contributed by atoms with Crippen LogP contribution in [-0.2, 0) is 4.74 Å². The van der Waals surface area contributed by atoms with Crippen LogP contribution < -0.4 is 10.1 Å². The molecule has 0 bridgehead atoms. The van der Waals surface area contributed by atoms with E-state index in [1.165, 1.54) is 11.1 Å². The summed E-state index contributed by atoms with van der Waals surface area (Å²) in [4.78, 5) is 0. The highest BCUT2D eigenvalue weighted by Crippen LogP contribution is 2.34. The lowest BCUT2D eigenvalue weighted by atomic mass is 9.85. The number of methoxy groups -OCH3 is 2. The highest BCUT2D eigenvalue weighted by Gasteiger charge is 2.34. The maximum absolute atomic E-state index is 5.77. The molecule has 1 aromatic rings. The van der Waals surface area contributed by atoms with Gasteiger partial charge in [-0.3, -0.25) is 0 Å². The van der Waals surface area contributed by atoms with Crippen LogP contribution in [-0.4, -0.2) is 26.4 Å². The van der Waals surface area contributed by atoms with Crippen LogP contribution in [0.3, 0.4) is 0 Å². The van der Waals surface area contributed by atoms with E-state index in [1.54, 1.807) is 14.2 Å². The Kier molecular flexibility index (Phi) is 5.83. The molecule has 0 saturated carbocycles. The predicted molar refractivity (Wildman–Crippen MR) is 79.9 cm³/mol. The van der Waals surface area contributed by atoms with E-state index in [-0.39, 0.29) is 11.6 Å². The summed E-state index contributed by atoms with van der Waals surface area (Å²) in [7, 11) is 3.48. The number of rotatable bonds is 7. The maximum Gasteiger partial charge on any atom is 0.119 e. The summed E-state index contributed by atoms with van der Waals surface area (Å²) < 4.78 is 11.1. The Morgan fingerprint density at radius 3 is 2.37 bits per heavy atom. The van der Waals surface area contributed by atoms with Crippen molar-refractivity contribution in [1.29, 1.82) is 0 Å². The zero-order chi connectivity index (χ0) is 14.5. The number of nitrogens with one attached hydrogen (secondary N) is 1. The van der Waals surface area contributed by atoms with Crippen LogP contribution in [0, 0.1) is 6.92 Å². The van der Waals surface area contributed by atoms with Gasteiger partial charge in [-0.15, -0.1) is 0 Å². The fraction of sp³-hybridized carbons (Fsp3) is 0.625. The van der Waals surface area contributed by atoms with Gasteiger partial charge in [0.25, 0.3) is 0 Å². The summed E-state index contributed by atoms with van der Waals surface area (Å²) in [5, 5.41) is 3.55. The van der Waals surface area contributed by atoms with Crippen molar-refractivity contribution in [1.82, 2.24) is 5.32 Å². The molecule has 3 nitrogen and oxygen atoms in total. The number of hydrogen-bond acceptors (Lipinski definition) is 3. The van der Waals surface area contributed by atoms with Crippen LogP contribution in [0.1, 0.15) is 44.4 Å². The van der Waals surface area contributed by atoms with Crippen LogP contribution in [0.5, 0.6) is 5.75 Å². The monoisotopic (exact) mass is 265 g/mol. The number of aryl methyl sites for hydroxylation is 1. The molecule has 0 heterocycles. The zero-order valence-corrected chi connectivity index (χ0v) is 13.0. The largest absolute Gasteiger partial charge is 0.497 e. The van der Waals surface area contributed by atoms with Gasteiger partial charge in [0.15, 0.2) is 0 Å². The SMILES string of the molecule is CCNC(c1ccc(OC)cc1C)C(C)(CC)OC. The molecule has 0 radical (unpaired) electrons. The first-order valence-corrected chi connectivity index (χ1v) is 6.95. The average molecular weight is 265 g/mol. The number of benzene rings is 1. The van der Waals surface area contributed by atoms with Crippen molar-refractivity contribution in [2.24, 2.45) is 0 Å². The standard InChI is InChI=1S/C16H27NO2/c1-7-16(4,19-6)15(17-8-2)14-10-9-13(18-5)11-12(14)3/h9-11,15,17H,7-8H2,1-6H3. The van der Waals surface area contributed by atoms with Gasteiger partial charge in [0.1, 0.15) is 5.75 Å². The number of ether oxygens (including phenoxy) is 2. The molecule has 0 aromatic heterocycles. The molecular weight excluding hydrogens is 238 g/mol. The van der Waals surface area contributed by atoms with Gasteiger partial charge in [-0.2, -0.15) is 0 Å². The summed E-state index contributed by atoms with van der Waals surface area (Å²) in [6.45, 7) is 9.47. The first-order valence-electron chi connectivity index (χ1n) is 6.95. The normalized spacial score (nSPS) is 15.9. The van der Waals surface area contributed by atoms with Crippen molar-refractivity contribution < 1.29 is 9.47 Å². The Morgan fingerprint density at radius 2 is 1.95 bits per heavy atom. The van der Waals surface area contributed by atoms with Crippen LogP contribution in [0.25, 0.3) is 0 Å². The molecule has 3 heteroatoms. The topological polar surface area (TPSA) is 30.5 Å². The lowest BCUT2D eigenvalue weighted by molar-refractivity contribution is -0.0297. The summed E-state index contributed by atoms with van der Waals surface area (Å²) in [5.41, 5.74) is 2.28. The van der Waals surface area contributed by atoms with E-state index in [1.807, 2.05) is 6.07 Å². The fourth-order valence-corrected chi connectivity index (χ4v) is 2.42. The summed E-state index contributed by atoms with van der Waals surface area (Å²) in [6, 6.07) is 6.40. The molecule has 0 aliphatic heterocycles. The van der Waals surface area contributed by atoms with Crippen molar-refractivity contribution in [3.63, 3.8) is 0 Å². The number of likely N-dealkylation sites (N-methyl/N-ethyl adjacent to an activating group) is 1. The molecule has 108 valence electrons. The molecular formula is C16H27NO2. The summed E-state index contributed by atoms with van der Waals surface area (Å²) in [6.07, 6.45) is 0.951. The minimum atomic E-state index is -0.213. The Bertz CT molecular complexity index is 400. The van der Waals surface area contributed by atoms with Crippen molar-refractivity contribution in [3.8, 4) is 5.75 Å². The van der Waals surface area contributed by atoms with Crippen molar-refractivity contribution in [2.45, 2.75) is 45.8 Å². The molecule has 0 aliphatic rings. The third-order valence-corrected chi connectivity index (χ3v) is 3.98. The Labute approximate surface area is 117 Å².